The number of carbonyl (C=O) groups is 1. The zero-order valence-corrected chi connectivity index (χ0v) is 12.0. The molecule has 0 atom stereocenters. The van der Waals surface area contributed by atoms with Crippen LogP contribution < -0.4 is 16.4 Å². The van der Waals surface area contributed by atoms with E-state index in [9.17, 15) is 9.90 Å². The Bertz CT molecular complexity index is 455. The summed E-state index contributed by atoms with van der Waals surface area (Å²) in [7, 11) is 0. The summed E-state index contributed by atoms with van der Waals surface area (Å²) >= 11 is 1.27. The first-order chi connectivity index (χ1) is 8.95. The van der Waals surface area contributed by atoms with Crippen LogP contribution in [0.4, 0.5) is 10.9 Å². The van der Waals surface area contributed by atoms with Gasteiger partial charge in [-0.25, -0.2) is 4.98 Å². The summed E-state index contributed by atoms with van der Waals surface area (Å²) in [4.78, 5) is 16.6. The standard InChI is InChI=1S/C12H20N4O2S/c1-6(2)5-14-12-16-10(13)9(19-12)11(18)15-7-3-8(17)4-7/h6-8,17H,3-5,13H2,1-2H3,(H,14,16)(H,15,18). The maximum atomic E-state index is 12.0. The Kier molecular flexibility index (Phi) is 4.26. The molecule has 19 heavy (non-hydrogen) atoms. The quantitative estimate of drug-likeness (QED) is 0.647. The fourth-order valence-electron chi connectivity index (χ4n) is 1.82. The van der Waals surface area contributed by atoms with Crippen molar-refractivity contribution in [3.63, 3.8) is 0 Å². The summed E-state index contributed by atoms with van der Waals surface area (Å²) in [6.07, 6.45) is 0.943. The van der Waals surface area contributed by atoms with Crippen molar-refractivity contribution in [1.82, 2.24) is 10.3 Å². The number of rotatable bonds is 5. The molecule has 0 saturated heterocycles. The van der Waals surface area contributed by atoms with Gasteiger partial charge in [0.25, 0.3) is 5.91 Å². The van der Waals surface area contributed by atoms with Crippen LogP contribution in [0.15, 0.2) is 0 Å². The van der Waals surface area contributed by atoms with Crippen molar-refractivity contribution in [2.75, 3.05) is 17.6 Å². The zero-order chi connectivity index (χ0) is 14.0. The highest BCUT2D eigenvalue weighted by molar-refractivity contribution is 7.18. The summed E-state index contributed by atoms with van der Waals surface area (Å²) in [5.41, 5.74) is 5.76. The summed E-state index contributed by atoms with van der Waals surface area (Å²) in [5.74, 6) is 0.553. The van der Waals surface area contributed by atoms with Gasteiger partial charge in [-0.2, -0.15) is 0 Å². The van der Waals surface area contributed by atoms with Gasteiger partial charge < -0.3 is 21.5 Å². The minimum atomic E-state index is -0.285. The maximum Gasteiger partial charge on any atom is 0.265 e. The molecule has 1 amide bonds. The molecule has 1 aliphatic rings. The second-order valence-corrected chi connectivity index (χ2v) is 6.30. The van der Waals surface area contributed by atoms with E-state index in [1.54, 1.807) is 0 Å². The summed E-state index contributed by atoms with van der Waals surface area (Å²) in [6.45, 7) is 4.99. The molecule has 2 rings (SSSR count). The first kappa shape index (κ1) is 14.1. The monoisotopic (exact) mass is 284 g/mol. The third-order valence-corrected chi connectivity index (χ3v) is 4.00. The van der Waals surface area contributed by atoms with E-state index in [4.69, 9.17) is 5.73 Å². The number of aromatic nitrogens is 1. The number of anilines is 2. The number of nitrogens with one attached hydrogen (secondary N) is 2. The Hall–Kier alpha value is -1.34. The first-order valence-electron chi connectivity index (χ1n) is 6.44. The van der Waals surface area contributed by atoms with Crippen LogP contribution in [-0.4, -0.2) is 34.7 Å². The number of hydrogen-bond donors (Lipinski definition) is 4. The molecule has 1 aromatic heterocycles. The summed E-state index contributed by atoms with van der Waals surface area (Å²) < 4.78 is 0. The van der Waals surface area contributed by atoms with E-state index in [-0.39, 0.29) is 23.9 Å². The van der Waals surface area contributed by atoms with Crippen molar-refractivity contribution in [2.45, 2.75) is 38.8 Å². The zero-order valence-electron chi connectivity index (χ0n) is 11.1. The molecule has 1 aliphatic carbocycles. The summed E-state index contributed by atoms with van der Waals surface area (Å²) in [5, 5.41) is 15.9. The van der Waals surface area contributed by atoms with E-state index >= 15 is 0 Å². The molecule has 0 unspecified atom stereocenters. The van der Waals surface area contributed by atoms with Crippen LogP contribution in [0.3, 0.4) is 0 Å². The SMILES string of the molecule is CC(C)CNc1nc(N)c(C(=O)NC2CC(O)C2)s1. The van der Waals surface area contributed by atoms with Gasteiger partial charge in [0.15, 0.2) is 5.13 Å². The first-order valence-corrected chi connectivity index (χ1v) is 7.26. The van der Waals surface area contributed by atoms with Crippen molar-refractivity contribution in [3.8, 4) is 0 Å². The number of nitrogens with two attached hydrogens (primary N) is 1. The number of amides is 1. The van der Waals surface area contributed by atoms with Gasteiger partial charge in [-0.1, -0.05) is 25.2 Å². The van der Waals surface area contributed by atoms with E-state index in [1.165, 1.54) is 11.3 Å². The van der Waals surface area contributed by atoms with Crippen molar-refractivity contribution in [2.24, 2.45) is 5.92 Å². The van der Waals surface area contributed by atoms with Gasteiger partial charge >= 0.3 is 0 Å². The van der Waals surface area contributed by atoms with Gasteiger partial charge in [0, 0.05) is 12.6 Å². The molecule has 5 N–H and O–H groups in total. The van der Waals surface area contributed by atoms with E-state index in [2.05, 4.69) is 29.5 Å². The number of nitrogen functional groups attached to an aromatic ring is 1. The lowest BCUT2D eigenvalue weighted by molar-refractivity contribution is 0.0565. The number of hydrogen-bond acceptors (Lipinski definition) is 6. The molecular weight excluding hydrogens is 264 g/mol. The molecule has 0 aromatic carbocycles. The van der Waals surface area contributed by atoms with Crippen LogP contribution in [0.1, 0.15) is 36.4 Å². The predicted octanol–water partition coefficient (Wildman–Crippen LogP) is 1.05. The topological polar surface area (TPSA) is 100 Å². The van der Waals surface area contributed by atoms with E-state index in [1.807, 2.05) is 0 Å². The highest BCUT2D eigenvalue weighted by atomic mass is 32.1. The number of nitrogens with zero attached hydrogens (tertiary/aromatic N) is 1. The Labute approximate surface area is 116 Å². The molecule has 6 nitrogen and oxygen atoms in total. The van der Waals surface area contributed by atoms with Crippen LogP contribution in [0.25, 0.3) is 0 Å². The molecule has 0 aliphatic heterocycles. The molecule has 1 heterocycles. The minimum Gasteiger partial charge on any atom is -0.393 e. The summed E-state index contributed by atoms with van der Waals surface area (Å²) in [6, 6.07) is 0.0519. The Morgan fingerprint density at radius 3 is 2.84 bits per heavy atom. The van der Waals surface area contributed by atoms with Gasteiger partial charge in [-0.3, -0.25) is 4.79 Å². The number of aliphatic hydroxyl groups is 1. The Balaban J connectivity index is 1.93. The van der Waals surface area contributed by atoms with Gasteiger partial charge in [-0.15, -0.1) is 0 Å². The molecule has 0 spiro atoms. The highest BCUT2D eigenvalue weighted by Gasteiger charge is 2.29. The average molecular weight is 284 g/mol. The molecule has 0 bridgehead atoms. The van der Waals surface area contributed by atoms with Gasteiger partial charge in [0.2, 0.25) is 0 Å². The number of carbonyl (C=O) groups excluding carboxylic acids is 1. The fourth-order valence-corrected chi connectivity index (χ4v) is 2.61. The van der Waals surface area contributed by atoms with E-state index < -0.39 is 0 Å². The molecule has 7 heteroatoms. The molecule has 106 valence electrons. The lowest BCUT2D eigenvalue weighted by atomic mass is 9.89. The molecular formula is C12H20N4O2S. The van der Waals surface area contributed by atoms with Crippen LogP contribution in [0, 0.1) is 5.92 Å². The average Bonchev–Trinajstić information content (AvgIpc) is 2.66. The smallest absolute Gasteiger partial charge is 0.265 e. The van der Waals surface area contributed by atoms with Crippen molar-refractivity contribution >= 4 is 28.2 Å². The number of aliphatic hydroxyl groups excluding tert-OH is 1. The van der Waals surface area contributed by atoms with Gasteiger partial charge in [0.05, 0.1) is 6.10 Å². The lowest BCUT2D eigenvalue weighted by Crippen LogP contribution is -2.46. The molecule has 0 radical (unpaired) electrons. The lowest BCUT2D eigenvalue weighted by Gasteiger charge is -2.31. The maximum absolute atomic E-state index is 12.0. The van der Waals surface area contributed by atoms with Crippen LogP contribution >= 0.6 is 11.3 Å². The van der Waals surface area contributed by atoms with Crippen LogP contribution in [0.2, 0.25) is 0 Å². The van der Waals surface area contributed by atoms with Gasteiger partial charge in [-0.05, 0) is 18.8 Å². The van der Waals surface area contributed by atoms with Crippen molar-refractivity contribution in [1.29, 1.82) is 0 Å². The Morgan fingerprint density at radius 2 is 2.26 bits per heavy atom. The third kappa shape index (κ3) is 3.57. The largest absolute Gasteiger partial charge is 0.393 e. The van der Waals surface area contributed by atoms with Crippen molar-refractivity contribution < 1.29 is 9.90 Å². The number of thiazole rings is 1. The minimum absolute atomic E-state index is 0.0519. The molecule has 1 fully saturated rings. The molecule has 1 saturated carbocycles. The second kappa shape index (κ2) is 5.75. The third-order valence-electron chi connectivity index (χ3n) is 2.97. The Morgan fingerprint density at radius 1 is 1.58 bits per heavy atom. The highest BCUT2D eigenvalue weighted by Crippen LogP contribution is 2.26. The van der Waals surface area contributed by atoms with Crippen LogP contribution in [0.5, 0.6) is 0 Å². The van der Waals surface area contributed by atoms with Crippen molar-refractivity contribution in [3.05, 3.63) is 4.88 Å². The van der Waals surface area contributed by atoms with Crippen LogP contribution in [-0.2, 0) is 0 Å². The molecule has 1 aromatic rings. The fraction of sp³-hybridized carbons (Fsp3) is 0.667. The predicted molar refractivity (Wildman–Crippen MR) is 76.3 cm³/mol. The second-order valence-electron chi connectivity index (χ2n) is 5.30. The van der Waals surface area contributed by atoms with Gasteiger partial charge in [0.1, 0.15) is 10.7 Å². The van der Waals surface area contributed by atoms with E-state index in [0.29, 0.717) is 28.8 Å². The normalized spacial score (nSPS) is 22.1. The van der Waals surface area contributed by atoms with E-state index in [0.717, 1.165) is 6.54 Å².